The first-order valence-corrected chi connectivity index (χ1v) is 4.97. The van der Waals surface area contributed by atoms with Gasteiger partial charge in [-0.2, -0.15) is 5.10 Å². The van der Waals surface area contributed by atoms with Crippen molar-refractivity contribution in [3.63, 3.8) is 0 Å². The lowest BCUT2D eigenvalue weighted by atomic mass is 9.92. The molecule has 0 aliphatic heterocycles. The molecule has 0 fully saturated rings. The van der Waals surface area contributed by atoms with E-state index in [0.717, 1.165) is 5.69 Å². The molecule has 1 heterocycles. The minimum absolute atomic E-state index is 0.00606. The van der Waals surface area contributed by atoms with Gasteiger partial charge in [-0.05, 0) is 19.1 Å². The van der Waals surface area contributed by atoms with Gasteiger partial charge in [0.2, 0.25) is 0 Å². The SMILES string of the molecule is CC(=O)CNc1ccc(C(C)(C)C)nn1. The van der Waals surface area contributed by atoms with Crippen molar-refractivity contribution in [1.29, 1.82) is 0 Å². The van der Waals surface area contributed by atoms with E-state index in [9.17, 15) is 4.79 Å². The Hall–Kier alpha value is -1.45. The molecule has 0 aliphatic rings. The first kappa shape index (κ1) is 11.6. The molecule has 0 spiro atoms. The van der Waals surface area contributed by atoms with E-state index in [4.69, 9.17) is 0 Å². The standard InChI is InChI=1S/C11H17N3O/c1-8(15)7-12-10-6-5-9(13-14-10)11(2,3)4/h5-6H,7H2,1-4H3,(H,12,14). The lowest BCUT2D eigenvalue weighted by Gasteiger charge is -2.16. The van der Waals surface area contributed by atoms with Gasteiger partial charge in [-0.1, -0.05) is 20.8 Å². The van der Waals surface area contributed by atoms with Crippen LogP contribution in [0.1, 0.15) is 33.4 Å². The highest BCUT2D eigenvalue weighted by Crippen LogP contribution is 2.19. The number of carbonyl (C=O) groups excluding carboxylic acids is 1. The number of nitrogens with one attached hydrogen (secondary N) is 1. The third-order valence-electron chi connectivity index (χ3n) is 1.95. The Balaban J connectivity index is 2.69. The highest BCUT2D eigenvalue weighted by Gasteiger charge is 2.15. The molecular formula is C11H17N3O. The first-order valence-electron chi connectivity index (χ1n) is 4.97. The zero-order valence-electron chi connectivity index (χ0n) is 9.66. The highest BCUT2D eigenvalue weighted by molar-refractivity contribution is 5.79. The molecule has 0 atom stereocenters. The van der Waals surface area contributed by atoms with Crippen molar-refractivity contribution in [3.8, 4) is 0 Å². The van der Waals surface area contributed by atoms with Gasteiger partial charge in [0, 0.05) is 5.41 Å². The van der Waals surface area contributed by atoms with Crippen LogP contribution in [0, 0.1) is 0 Å². The van der Waals surface area contributed by atoms with Crippen molar-refractivity contribution in [2.45, 2.75) is 33.1 Å². The lowest BCUT2D eigenvalue weighted by Crippen LogP contribution is -2.16. The van der Waals surface area contributed by atoms with E-state index in [1.807, 2.05) is 12.1 Å². The molecule has 1 N–H and O–H groups in total. The second-order valence-corrected chi connectivity index (χ2v) is 4.61. The summed E-state index contributed by atoms with van der Waals surface area (Å²) in [6.07, 6.45) is 0. The van der Waals surface area contributed by atoms with E-state index in [2.05, 4.69) is 36.3 Å². The smallest absolute Gasteiger partial charge is 0.149 e. The molecule has 0 amide bonds. The van der Waals surface area contributed by atoms with Crippen LogP contribution in [0.15, 0.2) is 12.1 Å². The molecule has 4 heteroatoms. The molecule has 4 nitrogen and oxygen atoms in total. The number of anilines is 1. The van der Waals surface area contributed by atoms with Crippen molar-refractivity contribution in [1.82, 2.24) is 10.2 Å². The monoisotopic (exact) mass is 207 g/mol. The van der Waals surface area contributed by atoms with E-state index in [0.29, 0.717) is 12.4 Å². The number of Topliss-reactive ketones (excluding diaryl/α,β-unsaturated/α-hetero) is 1. The highest BCUT2D eigenvalue weighted by atomic mass is 16.1. The second-order valence-electron chi connectivity index (χ2n) is 4.61. The maximum atomic E-state index is 10.7. The van der Waals surface area contributed by atoms with Crippen LogP contribution < -0.4 is 5.32 Å². The molecule has 0 unspecified atom stereocenters. The fourth-order valence-corrected chi connectivity index (χ4v) is 1.04. The molecular weight excluding hydrogens is 190 g/mol. The summed E-state index contributed by atoms with van der Waals surface area (Å²) in [5, 5.41) is 11.0. The van der Waals surface area contributed by atoms with Gasteiger partial charge in [-0.25, -0.2) is 0 Å². The van der Waals surface area contributed by atoms with Gasteiger partial charge in [0.25, 0.3) is 0 Å². The summed E-state index contributed by atoms with van der Waals surface area (Å²) in [6.45, 7) is 8.08. The first-order chi connectivity index (χ1) is 6.89. The molecule has 82 valence electrons. The molecule has 0 aromatic carbocycles. The summed E-state index contributed by atoms with van der Waals surface area (Å²) >= 11 is 0. The van der Waals surface area contributed by atoms with Gasteiger partial charge in [-0.3, -0.25) is 4.79 Å². The fraction of sp³-hybridized carbons (Fsp3) is 0.545. The predicted octanol–water partition coefficient (Wildman–Crippen LogP) is 1.77. The summed E-state index contributed by atoms with van der Waals surface area (Å²) < 4.78 is 0. The van der Waals surface area contributed by atoms with E-state index >= 15 is 0 Å². The van der Waals surface area contributed by atoms with Crippen molar-refractivity contribution in [2.24, 2.45) is 0 Å². The summed E-state index contributed by atoms with van der Waals surface area (Å²) in [6, 6.07) is 3.77. The number of nitrogens with zero attached hydrogens (tertiary/aromatic N) is 2. The van der Waals surface area contributed by atoms with Crippen LogP contribution >= 0.6 is 0 Å². The number of ketones is 1. The van der Waals surface area contributed by atoms with Crippen LogP contribution in [0.3, 0.4) is 0 Å². The Morgan fingerprint density at radius 3 is 2.40 bits per heavy atom. The van der Waals surface area contributed by atoms with Gasteiger partial charge < -0.3 is 5.32 Å². The molecule has 0 radical (unpaired) electrons. The molecule has 0 bridgehead atoms. The van der Waals surface area contributed by atoms with Gasteiger partial charge in [0.15, 0.2) is 0 Å². The van der Waals surface area contributed by atoms with Gasteiger partial charge in [0.1, 0.15) is 11.6 Å². The Bertz CT molecular complexity index is 338. The normalized spacial score (nSPS) is 11.2. The van der Waals surface area contributed by atoms with Crippen LogP contribution in [0.4, 0.5) is 5.82 Å². The molecule has 1 aromatic rings. The summed E-state index contributed by atoms with van der Waals surface area (Å²) in [5.74, 6) is 0.717. The fourth-order valence-electron chi connectivity index (χ4n) is 1.04. The summed E-state index contributed by atoms with van der Waals surface area (Å²) in [5.41, 5.74) is 0.947. The average molecular weight is 207 g/mol. The van der Waals surface area contributed by atoms with E-state index < -0.39 is 0 Å². The van der Waals surface area contributed by atoms with Crippen LogP contribution in [0.2, 0.25) is 0 Å². The maximum Gasteiger partial charge on any atom is 0.149 e. The molecule has 1 rings (SSSR count). The number of rotatable bonds is 3. The number of hydrogen-bond donors (Lipinski definition) is 1. The quantitative estimate of drug-likeness (QED) is 0.820. The van der Waals surface area contributed by atoms with Crippen LogP contribution in [-0.2, 0) is 10.2 Å². The molecule has 1 aromatic heterocycles. The lowest BCUT2D eigenvalue weighted by molar-refractivity contribution is -0.115. The summed E-state index contributed by atoms with van der Waals surface area (Å²) in [7, 11) is 0. The number of carbonyl (C=O) groups is 1. The topological polar surface area (TPSA) is 54.9 Å². The number of hydrogen-bond acceptors (Lipinski definition) is 4. The van der Waals surface area contributed by atoms with Crippen molar-refractivity contribution in [2.75, 3.05) is 11.9 Å². The Morgan fingerprint density at radius 2 is 2.00 bits per heavy atom. The van der Waals surface area contributed by atoms with Crippen molar-refractivity contribution >= 4 is 11.6 Å². The van der Waals surface area contributed by atoms with Gasteiger partial charge in [-0.15, -0.1) is 5.10 Å². The van der Waals surface area contributed by atoms with Crippen LogP contribution in [-0.4, -0.2) is 22.5 Å². The Labute approximate surface area is 90.1 Å². The summed E-state index contributed by atoms with van der Waals surface area (Å²) in [4.78, 5) is 10.7. The predicted molar refractivity (Wildman–Crippen MR) is 59.9 cm³/mol. The minimum Gasteiger partial charge on any atom is -0.362 e. The van der Waals surface area contributed by atoms with Gasteiger partial charge >= 0.3 is 0 Å². The van der Waals surface area contributed by atoms with E-state index in [1.165, 1.54) is 6.92 Å². The average Bonchev–Trinajstić information content (AvgIpc) is 2.14. The minimum atomic E-state index is 0.00606. The van der Waals surface area contributed by atoms with E-state index in [-0.39, 0.29) is 11.2 Å². The zero-order chi connectivity index (χ0) is 11.5. The third kappa shape index (κ3) is 3.65. The van der Waals surface area contributed by atoms with Crippen molar-refractivity contribution in [3.05, 3.63) is 17.8 Å². The molecule has 0 aliphatic carbocycles. The number of aromatic nitrogens is 2. The van der Waals surface area contributed by atoms with E-state index in [1.54, 1.807) is 0 Å². The molecule has 15 heavy (non-hydrogen) atoms. The van der Waals surface area contributed by atoms with Crippen molar-refractivity contribution < 1.29 is 4.79 Å². The Kier molecular flexibility index (Phi) is 3.39. The third-order valence-corrected chi connectivity index (χ3v) is 1.95. The van der Waals surface area contributed by atoms with Crippen LogP contribution in [0.25, 0.3) is 0 Å². The second kappa shape index (κ2) is 4.38. The van der Waals surface area contributed by atoms with Gasteiger partial charge in [0.05, 0.1) is 12.2 Å². The largest absolute Gasteiger partial charge is 0.362 e. The zero-order valence-corrected chi connectivity index (χ0v) is 9.66. The molecule has 0 saturated heterocycles. The Morgan fingerprint density at radius 1 is 1.33 bits per heavy atom. The van der Waals surface area contributed by atoms with Crippen LogP contribution in [0.5, 0.6) is 0 Å². The molecule has 0 saturated carbocycles. The maximum absolute atomic E-state index is 10.7.